The van der Waals surface area contributed by atoms with Crippen molar-refractivity contribution in [2.75, 3.05) is 6.61 Å². The number of nitrogens with zero attached hydrogens (tertiary/aromatic N) is 1. The van der Waals surface area contributed by atoms with E-state index in [4.69, 9.17) is 13.9 Å². The highest BCUT2D eigenvalue weighted by Crippen LogP contribution is 2.38. The molecule has 0 aromatic carbocycles. The molecule has 3 atom stereocenters. The number of aromatic nitrogens is 2. The summed E-state index contributed by atoms with van der Waals surface area (Å²) >= 11 is 0. The van der Waals surface area contributed by atoms with Crippen molar-refractivity contribution < 1.29 is 18.7 Å². The Morgan fingerprint density at radius 2 is 2.07 bits per heavy atom. The maximum absolute atomic E-state index is 12.1. The quantitative estimate of drug-likeness (QED) is 0.439. The Morgan fingerprint density at radius 3 is 2.64 bits per heavy atom. The van der Waals surface area contributed by atoms with Crippen LogP contribution in [0.2, 0.25) is 18.1 Å². The average molecular weight is 411 g/mol. The van der Waals surface area contributed by atoms with Crippen LogP contribution >= 0.6 is 0 Å². The van der Waals surface area contributed by atoms with Gasteiger partial charge in [0.2, 0.25) is 0 Å². The Hall–Kier alpha value is -1.97. The zero-order valence-electron chi connectivity index (χ0n) is 17.4. The van der Waals surface area contributed by atoms with Crippen molar-refractivity contribution in [3.8, 4) is 0 Å². The molecule has 1 aliphatic heterocycles. The number of H-pyrrole nitrogens is 1. The van der Waals surface area contributed by atoms with Gasteiger partial charge in [0.05, 0.1) is 6.61 Å². The third-order valence-electron chi connectivity index (χ3n) is 5.33. The number of nitrogens with one attached hydrogen (secondary N) is 1. The van der Waals surface area contributed by atoms with Crippen LogP contribution in [0.3, 0.4) is 0 Å². The van der Waals surface area contributed by atoms with E-state index in [2.05, 4.69) is 38.8 Å². The number of aromatic amines is 1. The highest BCUT2D eigenvalue weighted by atomic mass is 28.4. The molecule has 1 aromatic rings. The highest BCUT2D eigenvalue weighted by Gasteiger charge is 2.43. The molecule has 0 spiro atoms. The van der Waals surface area contributed by atoms with Crippen LogP contribution in [0.4, 0.5) is 0 Å². The molecule has 1 N–H and O–H groups in total. The molecule has 0 aliphatic carbocycles. The van der Waals surface area contributed by atoms with Gasteiger partial charge in [-0.25, -0.2) is 9.59 Å². The van der Waals surface area contributed by atoms with Gasteiger partial charge in [0.1, 0.15) is 18.4 Å². The van der Waals surface area contributed by atoms with E-state index < -0.39 is 44.0 Å². The predicted octanol–water partition coefficient (Wildman–Crippen LogP) is 2.33. The summed E-state index contributed by atoms with van der Waals surface area (Å²) in [6.45, 7) is 12.7. The molecule has 2 rings (SSSR count). The predicted molar refractivity (Wildman–Crippen MR) is 108 cm³/mol. The molecule has 9 heteroatoms. The van der Waals surface area contributed by atoms with Crippen LogP contribution in [0.25, 0.3) is 0 Å². The van der Waals surface area contributed by atoms with Crippen molar-refractivity contribution in [3.63, 3.8) is 0 Å². The number of rotatable bonds is 6. The topological polar surface area (TPSA) is 99.6 Å². The lowest BCUT2D eigenvalue weighted by molar-refractivity contribution is -0.146. The molecule has 8 nitrogen and oxygen atoms in total. The zero-order valence-corrected chi connectivity index (χ0v) is 18.4. The lowest BCUT2D eigenvalue weighted by atomic mass is 10.2. The maximum Gasteiger partial charge on any atom is 0.330 e. The largest absolute Gasteiger partial charge is 0.456 e. The lowest BCUT2D eigenvalue weighted by Gasteiger charge is -2.37. The minimum Gasteiger partial charge on any atom is -0.456 e. The summed E-state index contributed by atoms with van der Waals surface area (Å²) < 4.78 is 19.1. The molecule has 0 unspecified atom stereocenters. The zero-order chi connectivity index (χ0) is 21.1. The molecule has 0 radical (unpaired) electrons. The minimum absolute atomic E-state index is 0.0258. The summed E-state index contributed by atoms with van der Waals surface area (Å²) in [7, 11) is -2.03. The van der Waals surface area contributed by atoms with Gasteiger partial charge in [-0.05, 0) is 25.1 Å². The molecule has 1 aromatic heterocycles. The second kappa shape index (κ2) is 8.58. The first-order valence-corrected chi connectivity index (χ1v) is 12.3. The van der Waals surface area contributed by atoms with Crippen LogP contribution in [0, 0.1) is 0 Å². The minimum atomic E-state index is -2.03. The molecule has 0 bridgehead atoms. The van der Waals surface area contributed by atoms with Crippen LogP contribution in [0.1, 0.15) is 40.3 Å². The second-order valence-electron chi connectivity index (χ2n) is 8.43. The van der Waals surface area contributed by atoms with Crippen LogP contribution in [-0.2, 0) is 18.7 Å². The van der Waals surface area contributed by atoms with E-state index in [1.807, 2.05) is 0 Å². The molecule has 1 fully saturated rings. The standard InChI is InChI=1S/C19H30N2O6Si/c1-7-8-17(23)27-13-11-16(21-10-9-15(22)20-18(21)24)26-14(13)12-25-28(5,6)19(2,3)4/h7-10,13-14,16H,11-12H2,1-6H3,(H,20,22,24)/b8-7+/t13-,14+,16+/m0/s1. The van der Waals surface area contributed by atoms with Gasteiger partial charge in [0, 0.05) is 24.8 Å². The summed E-state index contributed by atoms with van der Waals surface area (Å²) in [5.74, 6) is -0.470. The Bertz CT molecular complexity index is 836. The average Bonchev–Trinajstić information content (AvgIpc) is 2.94. The van der Waals surface area contributed by atoms with Gasteiger partial charge in [-0.2, -0.15) is 0 Å². The van der Waals surface area contributed by atoms with Gasteiger partial charge in [-0.1, -0.05) is 26.8 Å². The molecule has 1 saturated heterocycles. The number of allylic oxidation sites excluding steroid dienone is 1. The van der Waals surface area contributed by atoms with Gasteiger partial charge in [-0.15, -0.1) is 0 Å². The van der Waals surface area contributed by atoms with Crippen molar-refractivity contribution in [2.24, 2.45) is 0 Å². The van der Waals surface area contributed by atoms with E-state index in [1.165, 1.54) is 22.9 Å². The molecule has 28 heavy (non-hydrogen) atoms. The molecule has 2 heterocycles. The SMILES string of the molecule is C/C=C/C(=O)O[C@H]1C[C@H](n2ccc(=O)[nH]c2=O)O[C@@H]1CO[Si](C)(C)C(C)(C)C. The normalized spacial score (nSPS) is 23.3. The number of carbonyl (C=O) groups is 1. The van der Waals surface area contributed by atoms with Gasteiger partial charge < -0.3 is 13.9 Å². The fourth-order valence-electron chi connectivity index (χ4n) is 2.63. The van der Waals surface area contributed by atoms with Crippen molar-refractivity contribution in [3.05, 3.63) is 45.3 Å². The fourth-order valence-corrected chi connectivity index (χ4v) is 3.64. The van der Waals surface area contributed by atoms with Gasteiger partial charge in [-0.3, -0.25) is 14.3 Å². The van der Waals surface area contributed by atoms with E-state index in [0.717, 1.165) is 0 Å². The van der Waals surface area contributed by atoms with Crippen molar-refractivity contribution in [1.29, 1.82) is 0 Å². The van der Waals surface area contributed by atoms with Crippen molar-refractivity contribution >= 4 is 14.3 Å². The Kier molecular flexibility index (Phi) is 6.84. The summed E-state index contributed by atoms with van der Waals surface area (Å²) in [5.41, 5.74) is -1.05. The summed E-state index contributed by atoms with van der Waals surface area (Å²) in [6, 6.07) is 1.26. The first-order valence-electron chi connectivity index (χ1n) is 9.39. The van der Waals surface area contributed by atoms with E-state index >= 15 is 0 Å². The molecule has 156 valence electrons. The smallest absolute Gasteiger partial charge is 0.330 e. The second-order valence-corrected chi connectivity index (χ2v) is 13.2. The van der Waals surface area contributed by atoms with Gasteiger partial charge in [0.15, 0.2) is 8.32 Å². The Labute approximate surface area is 165 Å². The summed E-state index contributed by atoms with van der Waals surface area (Å²) in [4.78, 5) is 37.6. The molecule has 0 saturated carbocycles. The number of ether oxygens (including phenoxy) is 2. The third kappa shape index (κ3) is 5.30. The van der Waals surface area contributed by atoms with E-state index in [0.29, 0.717) is 6.42 Å². The first-order chi connectivity index (χ1) is 12.9. The molecule has 1 aliphatic rings. The third-order valence-corrected chi connectivity index (χ3v) is 9.83. The number of esters is 1. The van der Waals surface area contributed by atoms with Gasteiger partial charge >= 0.3 is 11.7 Å². The number of hydrogen-bond donors (Lipinski definition) is 1. The van der Waals surface area contributed by atoms with Crippen molar-refractivity contribution in [1.82, 2.24) is 9.55 Å². The molecular formula is C19H30N2O6Si. The summed E-state index contributed by atoms with van der Waals surface area (Å²) in [6.07, 6.45) is 2.90. The van der Waals surface area contributed by atoms with Crippen LogP contribution < -0.4 is 11.2 Å². The van der Waals surface area contributed by atoms with Crippen molar-refractivity contribution in [2.45, 2.75) is 70.7 Å². The highest BCUT2D eigenvalue weighted by molar-refractivity contribution is 6.74. The molecular weight excluding hydrogens is 380 g/mol. The van der Waals surface area contributed by atoms with Crippen LogP contribution in [0.15, 0.2) is 34.0 Å². The fraction of sp³-hybridized carbons (Fsp3) is 0.632. The van der Waals surface area contributed by atoms with E-state index in [9.17, 15) is 14.4 Å². The number of carbonyl (C=O) groups excluding carboxylic acids is 1. The lowest BCUT2D eigenvalue weighted by Crippen LogP contribution is -2.44. The number of hydrogen-bond acceptors (Lipinski definition) is 6. The monoisotopic (exact) mass is 410 g/mol. The maximum atomic E-state index is 12.1. The first kappa shape index (κ1) is 22.3. The van der Waals surface area contributed by atoms with Crippen LogP contribution in [0.5, 0.6) is 0 Å². The Balaban J connectivity index is 2.20. The van der Waals surface area contributed by atoms with Crippen LogP contribution in [-0.4, -0.2) is 42.7 Å². The van der Waals surface area contributed by atoms with E-state index in [-0.39, 0.29) is 11.6 Å². The Morgan fingerprint density at radius 1 is 1.39 bits per heavy atom. The van der Waals surface area contributed by atoms with E-state index in [1.54, 1.807) is 13.0 Å². The van der Waals surface area contributed by atoms with Gasteiger partial charge in [0.25, 0.3) is 5.56 Å². The summed E-state index contributed by atoms with van der Waals surface area (Å²) in [5, 5.41) is 0.0258. The molecule has 0 amide bonds.